The van der Waals surface area contributed by atoms with Gasteiger partial charge in [0.1, 0.15) is 11.6 Å². The molecule has 2 aromatic rings. The van der Waals surface area contributed by atoms with Gasteiger partial charge in [-0.25, -0.2) is 8.78 Å². The van der Waals surface area contributed by atoms with Crippen LogP contribution < -0.4 is 0 Å². The summed E-state index contributed by atoms with van der Waals surface area (Å²) >= 11 is 0. The Balaban J connectivity index is 1.66. The Labute approximate surface area is 180 Å². The van der Waals surface area contributed by atoms with E-state index < -0.39 is 23.4 Å². The van der Waals surface area contributed by atoms with E-state index in [2.05, 4.69) is 11.9 Å². The zero-order valence-corrected chi connectivity index (χ0v) is 17.7. The first-order valence-electron chi connectivity index (χ1n) is 11.0. The van der Waals surface area contributed by atoms with Crippen LogP contribution in [0.2, 0.25) is 0 Å². The number of halogens is 5. The zero-order valence-electron chi connectivity index (χ0n) is 17.7. The molecule has 1 nitrogen and oxygen atoms in total. The first kappa shape index (κ1) is 23.4. The number of benzene rings is 1. The summed E-state index contributed by atoms with van der Waals surface area (Å²) in [6.07, 6.45) is 7.20. The van der Waals surface area contributed by atoms with Crippen LogP contribution in [-0.4, -0.2) is 11.2 Å². The summed E-state index contributed by atoms with van der Waals surface area (Å²) in [5.41, 5.74) is 1.00. The molecule has 31 heavy (non-hydrogen) atoms. The molecule has 1 aliphatic carbocycles. The zero-order chi connectivity index (χ0) is 22.4. The monoisotopic (exact) mass is 437 g/mol. The van der Waals surface area contributed by atoms with Crippen LogP contribution in [0, 0.1) is 17.6 Å². The number of hydrogen-bond acceptors (Lipinski definition) is 1. The van der Waals surface area contributed by atoms with Crippen LogP contribution in [0.1, 0.15) is 75.3 Å². The van der Waals surface area contributed by atoms with Gasteiger partial charge in [-0.05, 0) is 67.4 Å². The molecule has 1 aliphatic rings. The van der Waals surface area contributed by atoms with Crippen LogP contribution in [0.25, 0.3) is 17.3 Å². The molecule has 0 N–H and O–H groups in total. The minimum absolute atomic E-state index is 0.181. The lowest BCUT2D eigenvalue weighted by atomic mass is 9.77. The van der Waals surface area contributed by atoms with Gasteiger partial charge >= 0.3 is 6.18 Å². The number of aromatic nitrogens is 1. The molecule has 0 bridgehead atoms. The molecule has 1 fully saturated rings. The maximum absolute atomic E-state index is 14.2. The minimum Gasteiger partial charge on any atom is -0.256 e. The Morgan fingerprint density at radius 3 is 2.23 bits per heavy atom. The van der Waals surface area contributed by atoms with Gasteiger partial charge in [0, 0.05) is 23.4 Å². The summed E-state index contributed by atoms with van der Waals surface area (Å²) in [5.74, 6) is -0.844. The van der Waals surface area contributed by atoms with Crippen molar-refractivity contribution in [3.05, 3.63) is 59.3 Å². The van der Waals surface area contributed by atoms with E-state index in [-0.39, 0.29) is 11.6 Å². The maximum atomic E-state index is 14.2. The summed E-state index contributed by atoms with van der Waals surface area (Å²) in [6.45, 7) is 2.22. The summed E-state index contributed by atoms with van der Waals surface area (Å²) < 4.78 is 65.3. The van der Waals surface area contributed by atoms with Crippen molar-refractivity contribution in [2.75, 3.05) is 0 Å². The fourth-order valence-corrected chi connectivity index (χ4v) is 4.35. The van der Waals surface area contributed by atoms with Crippen molar-refractivity contribution in [3.8, 4) is 11.3 Å². The van der Waals surface area contributed by atoms with Gasteiger partial charge in [-0.2, -0.15) is 13.2 Å². The highest BCUT2D eigenvalue weighted by Crippen LogP contribution is 2.38. The standard InChI is InChI=1S/C25H28F5N/c1-2-3-4-5-17-6-8-18(9-7-17)19-10-11-24(31-16-19)20-14-22(26)21(23(27)15-20)12-13-25(28,29)30/h10-18H,2-9H2,1H3/b13-12+. The first-order valence-corrected chi connectivity index (χ1v) is 11.0. The van der Waals surface area contributed by atoms with Gasteiger partial charge in [0.2, 0.25) is 0 Å². The lowest BCUT2D eigenvalue weighted by molar-refractivity contribution is -0.0790. The fourth-order valence-electron chi connectivity index (χ4n) is 4.35. The van der Waals surface area contributed by atoms with Crippen molar-refractivity contribution in [2.45, 2.75) is 70.4 Å². The van der Waals surface area contributed by atoms with E-state index in [4.69, 9.17) is 0 Å². The third-order valence-electron chi connectivity index (χ3n) is 6.13. The van der Waals surface area contributed by atoms with E-state index in [1.54, 1.807) is 12.3 Å². The Kier molecular flexibility index (Phi) is 7.84. The molecular weight excluding hydrogens is 409 g/mol. The molecule has 6 heteroatoms. The molecule has 168 valence electrons. The lowest BCUT2D eigenvalue weighted by Crippen LogP contribution is -2.13. The van der Waals surface area contributed by atoms with Gasteiger partial charge in [0.25, 0.3) is 0 Å². The predicted molar refractivity (Wildman–Crippen MR) is 114 cm³/mol. The quantitative estimate of drug-likeness (QED) is 0.313. The van der Waals surface area contributed by atoms with Crippen molar-refractivity contribution < 1.29 is 22.0 Å². The topological polar surface area (TPSA) is 12.9 Å². The number of unbranched alkanes of at least 4 members (excludes halogenated alkanes) is 2. The van der Waals surface area contributed by atoms with Gasteiger partial charge < -0.3 is 0 Å². The molecule has 0 radical (unpaired) electrons. The number of pyridine rings is 1. The Morgan fingerprint density at radius 2 is 1.68 bits per heavy atom. The highest BCUT2D eigenvalue weighted by Gasteiger charge is 2.24. The number of alkyl halides is 3. The van der Waals surface area contributed by atoms with E-state index in [0.717, 1.165) is 36.5 Å². The van der Waals surface area contributed by atoms with Crippen LogP contribution >= 0.6 is 0 Å². The van der Waals surface area contributed by atoms with Crippen molar-refractivity contribution in [1.29, 1.82) is 0 Å². The maximum Gasteiger partial charge on any atom is 0.409 e. The molecule has 1 aromatic carbocycles. The van der Waals surface area contributed by atoms with Gasteiger partial charge in [0.05, 0.1) is 5.69 Å². The fraction of sp³-hybridized carbons (Fsp3) is 0.480. The van der Waals surface area contributed by atoms with Crippen molar-refractivity contribution in [3.63, 3.8) is 0 Å². The van der Waals surface area contributed by atoms with Crippen LogP contribution in [0.4, 0.5) is 22.0 Å². The Bertz CT molecular complexity index is 855. The second-order valence-electron chi connectivity index (χ2n) is 8.42. The van der Waals surface area contributed by atoms with E-state index in [0.29, 0.717) is 17.7 Å². The molecule has 1 aromatic heterocycles. The van der Waals surface area contributed by atoms with E-state index >= 15 is 0 Å². The summed E-state index contributed by atoms with van der Waals surface area (Å²) in [4.78, 5) is 4.37. The Morgan fingerprint density at radius 1 is 1.00 bits per heavy atom. The molecule has 0 spiro atoms. The van der Waals surface area contributed by atoms with Crippen molar-refractivity contribution in [2.24, 2.45) is 5.92 Å². The van der Waals surface area contributed by atoms with Crippen molar-refractivity contribution >= 4 is 6.08 Å². The molecule has 0 unspecified atom stereocenters. The van der Waals surface area contributed by atoms with Gasteiger partial charge in [-0.3, -0.25) is 4.98 Å². The van der Waals surface area contributed by atoms with Crippen LogP contribution in [-0.2, 0) is 0 Å². The van der Waals surface area contributed by atoms with Crippen LogP contribution in [0.3, 0.4) is 0 Å². The average molecular weight is 437 g/mol. The molecule has 1 saturated carbocycles. The van der Waals surface area contributed by atoms with E-state index in [1.165, 1.54) is 38.5 Å². The number of rotatable bonds is 7. The second kappa shape index (κ2) is 10.4. The number of allylic oxidation sites excluding steroid dienone is 1. The SMILES string of the molecule is CCCCCC1CCC(c2ccc(-c3cc(F)c(/C=C/C(F)(F)F)c(F)c3)nc2)CC1. The largest absolute Gasteiger partial charge is 0.409 e. The van der Waals surface area contributed by atoms with E-state index in [1.807, 2.05) is 6.07 Å². The predicted octanol–water partition coefficient (Wildman–Crippen LogP) is 8.46. The summed E-state index contributed by atoms with van der Waals surface area (Å²) in [5, 5.41) is 0. The molecule has 0 saturated heterocycles. The van der Waals surface area contributed by atoms with E-state index in [9.17, 15) is 22.0 Å². The average Bonchev–Trinajstić information content (AvgIpc) is 2.73. The van der Waals surface area contributed by atoms with Crippen molar-refractivity contribution in [1.82, 2.24) is 4.98 Å². The number of nitrogens with zero attached hydrogens (tertiary/aromatic N) is 1. The smallest absolute Gasteiger partial charge is 0.256 e. The normalized spacial score (nSPS) is 19.8. The van der Waals surface area contributed by atoms with Crippen LogP contribution in [0.15, 0.2) is 36.5 Å². The lowest BCUT2D eigenvalue weighted by Gasteiger charge is -2.28. The summed E-state index contributed by atoms with van der Waals surface area (Å²) in [7, 11) is 0. The molecular formula is C25H28F5N. The first-order chi connectivity index (χ1) is 14.8. The van der Waals surface area contributed by atoms with Gasteiger partial charge in [-0.1, -0.05) is 38.7 Å². The second-order valence-corrected chi connectivity index (χ2v) is 8.42. The summed E-state index contributed by atoms with van der Waals surface area (Å²) in [6, 6.07) is 5.70. The van der Waals surface area contributed by atoms with Crippen LogP contribution in [0.5, 0.6) is 0 Å². The van der Waals surface area contributed by atoms with Gasteiger partial charge in [0.15, 0.2) is 0 Å². The highest BCUT2D eigenvalue weighted by atomic mass is 19.4. The third kappa shape index (κ3) is 6.62. The highest BCUT2D eigenvalue weighted by molar-refractivity contribution is 5.63. The number of hydrogen-bond donors (Lipinski definition) is 0. The molecule has 1 heterocycles. The minimum atomic E-state index is -4.64. The molecule has 0 aliphatic heterocycles. The molecule has 3 rings (SSSR count). The van der Waals surface area contributed by atoms with Gasteiger partial charge in [-0.15, -0.1) is 0 Å². The molecule has 0 amide bonds. The molecule has 0 atom stereocenters. The third-order valence-corrected chi connectivity index (χ3v) is 6.13. The Hall–Kier alpha value is -2.24.